The molecule has 0 spiro atoms. The van der Waals surface area contributed by atoms with Gasteiger partial charge in [0.1, 0.15) is 0 Å². The number of hydrogen-bond donors (Lipinski definition) is 0. The molecule has 0 aliphatic heterocycles. The molecule has 0 radical (unpaired) electrons. The van der Waals surface area contributed by atoms with Crippen molar-refractivity contribution in [3.63, 3.8) is 0 Å². The predicted octanol–water partition coefficient (Wildman–Crippen LogP) is 3.16. The van der Waals surface area contributed by atoms with Crippen molar-refractivity contribution in [1.29, 1.82) is 0 Å². The number of halogens is 4. The van der Waals surface area contributed by atoms with E-state index >= 15 is 0 Å². The average Bonchev–Trinajstić information content (AvgIpc) is 2.28. The van der Waals surface area contributed by atoms with Crippen LogP contribution in [0.4, 0.5) is 0 Å². The molecule has 0 fully saturated rings. The zero-order chi connectivity index (χ0) is 12.0. The summed E-state index contributed by atoms with van der Waals surface area (Å²) in [4.78, 5) is 0. The molecule has 0 saturated carbocycles. The van der Waals surface area contributed by atoms with Gasteiger partial charge in [0.15, 0.2) is 0 Å². The molecule has 2 aromatic heterocycles. The van der Waals surface area contributed by atoms with Crippen LogP contribution in [0.2, 0.25) is 20.6 Å². The van der Waals surface area contributed by atoms with Crippen LogP contribution in [0.1, 0.15) is 0 Å². The third-order valence-electron chi connectivity index (χ3n) is 1.09. The quantitative estimate of drug-likeness (QED) is 0.534. The van der Waals surface area contributed by atoms with Gasteiger partial charge in [0.05, 0.1) is 10.3 Å². The fourth-order valence-corrected chi connectivity index (χ4v) is 0.906. The molecule has 2 rings (SSSR count). The molecule has 0 N–H and O–H groups in total. The van der Waals surface area contributed by atoms with E-state index in [1.54, 1.807) is 0 Å². The third kappa shape index (κ3) is 7.79. The smallest absolute Gasteiger partial charge is 0.238 e. The van der Waals surface area contributed by atoms with Crippen LogP contribution in [0.3, 0.4) is 0 Å². The maximum Gasteiger partial charge on any atom is 2.00 e. The minimum atomic E-state index is 0. The van der Waals surface area contributed by atoms with E-state index in [-0.39, 0.29) is 29.8 Å². The minimum absolute atomic E-state index is 0. The molecule has 0 aliphatic rings. The number of nitrogens with zero attached hydrogens (tertiary/aromatic N) is 4. The Bertz CT molecular complexity index is 351. The van der Waals surface area contributed by atoms with Gasteiger partial charge in [-0.3, -0.25) is 0 Å². The van der Waals surface area contributed by atoms with Crippen LogP contribution in [-0.2, 0) is 19.5 Å². The van der Waals surface area contributed by atoms with Crippen LogP contribution < -0.4 is 0 Å². The Kier molecular flexibility index (Phi) is 8.92. The van der Waals surface area contributed by atoms with Crippen molar-refractivity contribution in [2.24, 2.45) is 0 Å². The molecule has 17 heavy (non-hydrogen) atoms. The minimum Gasteiger partial charge on any atom is -0.238 e. The topological polar surface area (TPSA) is 51.6 Å². The molecular formula is C8H2Cl4N4Zn. The molecule has 84 valence electrons. The molecule has 0 saturated heterocycles. The first-order valence-electron chi connectivity index (χ1n) is 3.71. The molecule has 4 nitrogen and oxygen atoms in total. The predicted molar refractivity (Wildman–Crippen MR) is 61.8 cm³/mol. The molecule has 9 heteroatoms. The fraction of sp³-hybridized carbons (Fsp3) is 0. The average molecular weight is 361 g/mol. The van der Waals surface area contributed by atoms with E-state index in [1.165, 1.54) is 12.1 Å². The number of hydrogen-bond acceptors (Lipinski definition) is 4. The summed E-state index contributed by atoms with van der Waals surface area (Å²) >= 11 is 21.3. The van der Waals surface area contributed by atoms with E-state index in [4.69, 9.17) is 46.4 Å². The summed E-state index contributed by atoms with van der Waals surface area (Å²) in [5.41, 5.74) is 0. The van der Waals surface area contributed by atoms with Gasteiger partial charge in [0, 0.05) is 0 Å². The Hall–Kier alpha value is -0.0566. The van der Waals surface area contributed by atoms with Gasteiger partial charge in [0.25, 0.3) is 0 Å². The van der Waals surface area contributed by atoms with E-state index < -0.39 is 0 Å². The van der Waals surface area contributed by atoms with Crippen LogP contribution in [0.25, 0.3) is 0 Å². The summed E-state index contributed by atoms with van der Waals surface area (Å²) in [5.74, 6) is 0. The zero-order valence-electron chi connectivity index (χ0n) is 8.16. The molecule has 0 unspecified atom stereocenters. The Morgan fingerprint density at radius 3 is 1.24 bits per heavy atom. The molecule has 0 amide bonds. The van der Waals surface area contributed by atoms with Crippen molar-refractivity contribution in [3.8, 4) is 0 Å². The van der Waals surface area contributed by atoms with Gasteiger partial charge in [-0.25, -0.2) is 22.3 Å². The van der Waals surface area contributed by atoms with E-state index in [1.807, 2.05) is 0 Å². The Balaban J connectivity index is 0.000000284. The maximum atomic E-state index is 5.35. The summed E-state index contributed by atoms with van der Waals surface area (Å²) in [6.45, 7) is 0. The molecule has 2 heterocycles. The fourth-order valence-electron chi connectivity index (χ4n) is 0.537. The number of rotatable bonds is 0. The van der Waals surface area contributed by atoms with E-state index in [0.717, 1.165) is 0 Å². The number of aromatic nitrogens is 4. The van der Waals surface area contributed by atoms with E-state index in [0.29, 0.717) is 10.3 Å². The van der Waals surface area contributed by atoms with E-state index in [9.17, 15) is 0 Å². The third-order valence-corrected chi connectivity index (χ3v) is 1.83. The normalized spacial score (nSPS) is 8.71. The van der Waals surface area contributed by atoms with Crippen molar-refractivity contribution in [1.82, 2.24) is 20.4 Å². The first-order valence-corrected chi connectivity index (χ1v) is 5.22. The van der Waals surface area contributed by atoms with Crippen molar-refractivity contribution < 1.29 is 19.5 Å². The van der Waals surface area contributed by atoms with Crippen LogP contribution in [0, 0.1) is 12.1 Å². The van der Waals surface area contributed by atoms with Crippen LogP contribution in [0.5, 0.6) is 0 Å². The zero-order valence-corrected chi connectivity index (χ0v) is 14.2. The van der Waals surface area contributed by atoms with Crippen molar-refractivity contribution in [2.45, 2.75) is 0 Å². The standard InChI is InChI=1S/2C4HCl2N2.Zn/c2*5-3-1-2-4(6)8-7-3;/h2*1H;/q2*-1;+2. The summed E-state index contributed by atoms with van der Waals surface area (Å²) in [7, 11) is 0. The monoisotopic (exact) mass is 358 g/mol. The van der Waals surface area contributed by atoms with Crippen LogP contribution >= 0.6 is 46.4 Å². The molecular weight excluding hydrogens is 359 g/mol. The first kappa shape index (κ1) is 16.9. The van der Waals surface area contributed by atoms with Gasteiger partial charge in [-0.05, 0) is 10.3 Å². The van der Waals surface area contributed by atoms with Crippen molar-refractivity contribution in [3.05, 3.63) is 44.9 Å². The van der Waals surface area contributed by atoms with Gasteiger partial charge in [-0.15, -0.1) is 0 Å². The molecule has 0 aromatic carbocycles. The Labute approximate surface area is 130 Å². The van der Waals surface area contributed by atoms with Gasteiger partial charge in [-0.1, -0.05) is 23.2 Å². The Morgan fingerprint density at radius 1 is 0.706 bits per heavy atom. The van der Waals surface area contributed by atoms with E-state index in [2.05, 4.69) is 32.5 Å². The van der Waals surface area contributed by atoms with Gasteiger partial charge in [0.2, 0.25) is 0 Å². The summed E-state index contributed by atoms with van der Waals surface area (Å²) in [6, 6.07) is 8.03. The van der Waals surface area contributed by atoms with Crippen molar-refractivity contribution in [2.75, 3.05) is 0 Å². The largest absolute Gasteiger partial charge is 2.00 e. The molecule has 0 bridgehead atoms. The van der Waals surface area contributed by atoms with Crippen LogP contribution in [0.15, 0.2) is 12.1 Å². The van der Waals surface area contributed by atoms with Crippen LogP contribution in [-0.4, -0.2) is 20.4 Å². The summed E-state index contributed by atoms with van der Waals surface area (Å²) in [6.07, 6.45) is 0. The first-order chi connectivity index (χ1) is 7.58. The second-order valence-corrected chi connectivity index (χ2v) is 3.69. The Morgan fingerprint density at radius 2 is 1.06 bits per heavy atom. The summed E-state index contributed by atoms with van der Waals surface area (Å²) < 4.78 is 0. The molecule has 0 atom stereocenters. The second-order valence-electron chi connectivity index (χ2n) is 2.20. The molecule has 2 aromatic rings. The maximum absolute atomic E-state index is 5.35. The second kappa shape index (κ2) is 8.95. The summed E-state index contributed by atoms with van der Waals surface area (Å²) in [5, 5.41) is 14.7. The van der Waals surface area contributed by atoms with Crippen molar-refractivity contribution >= 4 is 46.4 Å². The van der Waals surface area contributed by atoms with Gasteiger partial charge < -0.3 is 0 Å². The molecule has 0 aliphatic carbocycles. The van der Waals surface area contributed by atoms with Gasteiger partial charge >= 0.3 is 19.5 Å². The van der Waals surface area contributed by atoms with Gasteiger partial charge in [-0.2, -0.15) is 45.5 Å². The SMILES string of the molecule is Clc1[c-]cc(Cl)nn1.Clc1[c-]cc(Cl)nn1.[Zn+2].